The molecule has 1 aliphatic rings. The van der Waals surface area contributed by atoms with Gasteiger partial charge in [-0.15, -0.1) is 0 Å². The van der Waals surface area contributed by atoms with Gasteiger partial charge in [-0.2, -0.15) is 0 Å². The van der Waals surface area contributed by atoms with Gasteiger partial charge in [-0.25, -0.2) is 4.79 Å². The van der Waals surface area contributed by atoms with Crippen LogP contribution in [0.15, 0.2) is 60.2 Å². The molecule has 1 amide bonds. The minimum absolute atomic E-state index is 0.222. The Hall–Kier alpha value is -2.75. The molecule has 3 rings (SSSR count). The van der Waals surface area contributed by atoms with Crippen molar-refractivity contribution in [3.05, 3.63) is 65.7 Å². The molecule has 0 unspecified atom stereocenters. The molecule has 2 aromatic rings. The van der Waals surface area contributed by atoms with E-state index in [1.54, 1.807) is 4.90 Å². The first-order valence-electron chi connectivity index (χ1n) is 9.39. The quantitative estimate of drug-likeness (QED) is 0.680. The lowest BCUT2D eigenvalue weighted by molar-refractivity contribution is 0.0237. The first kappa shape index (κ1) is 19.0. The van der Waals surface area contributed by atoms with Gasteiger partial charge in [0.2, 0.25) is 0 Å². The second-order valence-electron chi connectivity index (χ2n) is 7.76. The summed E-state index contributed by atoms with van der Waals surface area (Å²) >= 11 is 0. The van der Waals surface area contributed by atoms with Gasteiger partial charge in [0, 0.05) is 13.1 Å². The summed E-state index contributed by atoms with van der Waals surface area (Å²) in [7, 11) is 0. The highest BCUT2D eigenvalue weighted by molar-refractivity contribution is 5.68. The van der Waals surface area contributed by atoms with Crippen LogP contribution in [-0.4, -0.2) is 29.7 Å². The third-order valence-electron chi connectivity index (χ3n) is 4.27. The highest BCUT2D eigenvalue weighted by Crippen LogP contribution is 2.25. The highest BCUT2D eigenvalue weighted by atomic mass is 16.6. The molecule has 4 heteroatoms. The van der Waals surface area contributed by atoms with Crippen molar-refractivity contribution < 1.29 is 14.3 Å². The monoisotopic (exact) mass is 365 g/mol. The minimum atomic E-state index is -0.452. The topological polar surface area (TPSA) is 38.8 Å². The summed E-state index contributed by atoms with van der Waals surface area (Å²) in [5.41, 5.74) is 2.00. The molecule has 1 saturated heterocycles. The van der Waals surface area contributed by atoms with E-state index in [-0.39, 0.29) is 6.09 Å². The number of nitrogens with zero attached hydrogens (tertiary/aromatic N) is 1. The summed E-state index contributed by atoms with van der Waals surface area (Å²) in [6, 6.07) is 17.8. The average molecular weight is 365 g/mol. The number of benzene rings is 2. The Bertz CT molecular complexity index is 796. The van der Waals surface area contributed by atoms with E-state index in [2.05, 4.69) is 12.1 Å². The van der Waals surface area contributed by atoms with Crippen molar-refractivity contribution in [2.75, 3.05) is 13.1 Å². The number of hydrogen-bond acceptors (Lipinski definition) is 3. The lowest BCUT2D eigenvalue weighted by Crippen LogP contribution is -2.40. The van der Waals surface area contributed by atoms with Gasteiger partial charge in [-0.05, 0) is 63.4 Å². The molecule has 2 aromatic carbocycles. The Labute approximate surface area is 161 Å². The SMILES string of the molecule is CC(C)(C)OC(=O)N1CCC(=Cc2cccc(Oc3ccccc3)c2)CC1. The van der Waals surface area contributed by atoms with Crippen LogP contribution in [0.4, 0.5) is 4.79 Å². The summed E-state index contributed by atoms with van der Waals surface area (Å²) in [5.74, 6) is 1.65. The van der Waals surface area contributed by atoms with Gasteiger partial charge in [0.05, 0.1) is 0 Å². The number of amides is 1. The van der Waals surface area contributed by atoms with Crippen molar-refractivity contribution in [1.82, 2.24) is 4.90 Å². The average Bonchev–Trinajstić information content (AvgIpc) is 2.62. The van der Waals surface area contributed by atoms with Crippen LogP contribution < -0.4 is 4.74 Å². The zero-order valence-electron chi connectivity index (χ0n) is 16.3. The fourth-order valence-electron chi connectivity index (χ4n) is 2.98. The molecule has 0 N–H and O–H groups in total. The van der Waals surface area contributed by atoms with Crippen LogP contribution in [0.25, 0.3) is 6.08 Å². The summed E-state index contributed by atoms with van der Waals surface area (Å²) in [5, 5.41) is 0. The molecule has 0 bridgehead atoms. The van der Waals surface area contributed by atoms with Crippen LogP contribution in [0.2, 0.25) is 0 Å². The zero-order valence-corrected chi connectivity index (χ0v) is 16.3. The molecule has 0 atom stereocenters. The van der Waals surface area contributed by atoms with Crippen LogP contribution in [0.3, 0.4) is 0 Å². The molecular formula is C23H27NO3. The molecule has 142 valence electrons. The summed E-state index contributed by atoms with van der Waals surface area (Å²) in [6.45, 7) is 7.07. The predicted octanol–water partition coefficient (Wildman–Crippen LogP) is 5.89. The van der Waals surface area contributed by atoms with E-state index in [0.717, 1.165) is 29.9 Å². The molecule has 0 spiro atoms. The van der Waals surface area contributed by atoms with Crippen molar-refractivity contribution in [3.8, 4) is 11.5 Å². The van der Waals surface area contributed by atoms with Crippen molar-refractivity contribution in [2.24, 2.45) is 0 Å². The first-order valence-corrected chi connectivity index (χ1v) is 9.39. The van der Waals surface area contributed by atoms with Gasteiger partial charge >= 0.3 is 6.09 Å². The maximum atomic E-state index is 12.2. The summed E-state index contributed by atoms with van der Waals surface area (Å²) in [6.07, 6.45) is 3.70. The molecule has 4 nitrogen and oxygen atoms in total. The van der Waals surface area contributed by atoms with E-state index in [0.29, 0.717) is 13.1 Å². The van der Waals surface area contributed by atoms with E-state index in [4.69, 9.17) is 9.47 Å². The van der Waals surface area contributed by atoms with Crippen molar-refractivity contribution >= 4 is 12.2 Å². The third-order valence-corrected chi connectivity index (χ3v) is 4.27. The first-order chi connectivity index (χ1) is 12.9. The second kappa shape index (κ2) is 8.30. The Morgan fingerprint density at radius 3 is 2.30 bits per heavy atom. The fraction of sp³-hybridized carbons (Fsp3) is 0.348. The Kier molecular flexibility index (Phi) is 5.84. The lowest BCUT2D eigenvalue weighted by atomic mass is 10.0. The number of ether oxygens (including phenoxy) is 2. The molecule has 1 heterocycles. The van der Waals surface area contributed by atoms with Gasteiger partial charge in [-0.1, -0.05) is 42.0 Å². The van der Waals surface area contributed by atoms with Crippen LogP contribution >= 0.6 is 0 Å². The van der Waals surface area contributed by atoms with Crippen LogP contribution in [-0.2, 0) is 4.74 Å². The van der Waals surface area contributed by atoms with E-state index >= 15 is 0 Å². The molecule has 0 aromatic heterocycles. The predicted molar refractivity (Wildman–Crippen MR) is 108 cm³/mol. The maximum Gasteiger partial charge on any atom is 0.410 e. The molecule has 0 radical (unpaired) electrons. The van der Waals surface area contributed by atoms with Crippen LogP contribution in [0, 0.1) is 0 Å². The van der Waals surface area contributed by atoms with E-state index in [1.807, 2.05) is 69.3 Å². The van der Waals surface area contributed by atoms with Gasteiger partial charge < -0.3 is 14.4 Å². The number of para-hydroxylation sites is 1. The number of piperidine rings is 1. The van der Waals surface area contributed by atoms with E-state index < -0.39 is 5.60 Å². The minimum Gasteiger partial charge on any atom is -0.457 e. The van der Waals surface area contributed by atoms with E-state index in [9.17, 15) is 4.79 Å². The zero-order chi connectivity index (χ0) is 19.3. The molecule has 27 heavy (non-hydrogen) atoms. The van der Waals surface area contributed by atoms with Crippen molar-refractivity contribution in [2.45, 2.75) is 39.2 Å². The van der Waals surface area contributed by atoms with Gasteiger partial charge in [0.25, 0.3) is 0 Å². The Morgan fingerprint density at radius 1 is 0.963 bits per heavy atom. The lowest BCUT2D eigenvalue weighted by Gasteiger charge is -2.31. The molecule has 1 aliphatic heterocycles. The number of carbonyl (C=O) groups is 1. The Balaban J connectivity index is 1.60. The molecular weight excluding hydrogens is 338 g/mol. The standard InChI is InChI=1S/C23H27NO3/c1-23(2,3)27-22(25)24-14-12-18(13-15-24)16-19-8-7-11-21(17-19)26-20-9-5-4-6-10-20/h4-11,16-17H,12-15H2,1-3H3. The number of rotatable bonds is 3. The summed E-state index contributed by atoms with van der Waals surface area (Å²) < 4.78 is 11.4. The van der Waals surface area contributed by atoms with Crippen LogP contribution in [0.1, 0.15) is 39.2 Å². The largest absolute Gasteiger partial charge is 0.457 e. The summed E-state index contributed by atoms with van der Waals surface area (Å²) in [4.78, 5) is 14.0. The van der Waals surface area contributed by atoms with Gasteiger partial charge in [0.15, 0.2) is 0 Å². The highest BCUT2D eigenvalue weighted by Gasteiger charge is 2.24. The van der Waals surface area contributed by atoms with Gasteiger partial charge in [-0.3, -0.25) is 0 Å². The molecule has 1 fully saturated rings. The number of hydrogen-bond donors (Lipinski definition) is 0. The van der Waals surface area contributed by atoms with E-state index in [1.165, 1.54) is 5.57 Å². The number of likely N-dealkylation sites (tertiary alicyclic amines) is 1. The fourth-order valence-corrected chi connectivity index (χ4v) is 2.98. The molecule has 0 saturated carbocycles. The van der Waals surface area contributed by atoms with Crippen molar-refractivity contribution in [1.29, 1.82) is 0 Å². The smallest absolute Gasteiger partial charge is 0.410 e. The molecule has 0 aliphatic carbocycles. The number of carbonyl (C=O) groups excluding carboxylic acids is 1. The second-order valence-corrected chi connectivity index (χ2v) is 7.76. The van der Waals surface area contributed by atoms with Gasteiger partial charge in [0.1, 0.15) is 17.1 Å². The van der Waals surface area contributed by atoms with Crippen molar-refractivity contribution in [3.63, 3.8) is 0 Å². The van der Waals surface area contributed by atoms with Crippen LogP contribution in [0.5, 0.6) is 11.5 Å². The normalized spacial score (nSPS) is 14.6. The maximum absolute atomic E-state index is 12.2. The third kappa shape index (κ3) is 5.88. The Morgan fingerprint density at radius 2 is 1.63 bits per heavy atom.